The molecule has 0 fully saturated rings. The Hall–Kier alpha value is -0.570. The molecular formula is C8H12N2S. The Morgan fingerprint density at radius 3 is 3.45 bits per heavy atom. The van der Waals surface area contributed by atoms with Crippen LogP contribution >= 0.6 is 11.3 Å². The maximum absolute atomic E-state index is 4.35. The van der Waals surface area contributed by atoms with Crippen LogP contribution in [-0.4, -0.2) is 18.1 Å². The van der Waals surface area contributed by atoms with E-state index in [1.54, 1.807) is 11.3 Å². The average Bonchev–Trinajstić information content (AvgIpc) is 2.50. The van der Waals surface area contributed by atoms with Crippen LogP contribution in [-0.2, 0) is 6.42 Å². The third-order valence-electron chi connectivity index (χ3n) is 2.13. The lowest BCUT2D eigenvalue weighted by molar-refractivity contribution is 0.706. The summed E-state index contributed by atoms with van der Waals surface area (Å²) in [6, 6.07) is 0. The SMILES string of the molecule is CCN1CCCc2scnc21. The third-order valence-corrected chi connectivity index (χ3v) is 3.01. The molecule has 0 aromatic carbocycles. The Bertz CT molecular complexity index is 244. The zero-order valence-electron chi connectivity index (χ0n) is 6.71. The molecule has 2 rings (SSSR count). The first-order chi connectivity index (χ1) is 5.42. The van der Waals surface area contributed by atoms with Crippen LogP contribution in [0.1, 0.15) is 18.2 Å². The van der Waals surface area contributed by atoms with E-state index in [0.717, 1.165) is 6.54 Å². The van der Waals surface area contributed by atoms with Crippen molar-refractivity contribution in [1.82, 2.24) is 4.98 Å². The summed E-state index contributed by atoms with van der Waals surface area (Å²) in [5.41, 5.74) is 1.96. The normalized spacial score (nSPS) is 16.6. The smallest absolute Gasteiger partial charge is 0.142 e. The van der Waals surface area contributed by atoms with E-state index in [9.17, 15) is 0 Å². The number of nitrogens with zero attached hydrogens (tertiary/aromatic N) is 2. The van der Waals surface area contributed by atoms with Gasteiger partial charge in [-0.15, -0.1) is 11.3 Å². The van der Waals surface area contributed by atoms with Gasteiger partial charge >= 0.3 is 0 Å². The van der Waals surface area contributed by atoms with E-state index in [1.165, 1.54) is 30.1 Å². The Balaban J connectivity index is 2.32. The monoisotopic (exact) mass is 168 g/mol. The number of anilines is 1. The van der Waals surface area contributed by atoms with Gasteiger partial charge < -0.3 is 4.90 Å². The number of aryl methyl sites for hydroxylation is 1. The minimum atomic E-state index is 1.09. The van der Waals surface area contributed by atoms with Crippen molar-refractivity contribution in [3.8, 4) is 0 Å². The number of thiazole rings is 1. The Kier molecular flexibility index (Phi) is 1.82. The summed E-state index contributed by atoms with van der Waals surface area (Å²) in [6.07, 6.45) is 2.53. The van der Waals surface area contributed by atoms with Gasteiger partial charge in [-0.1, -0.05) is 0 Å². The lowest BCUT2D eigenvalue weighted by atomic mass is 10.2. The Labute approximate surface area is 70.9 Å². The molecule has 0 amide bonds. The van der Waals surface area contributed by atoms with Gasteiger partial charge in [0.05, 0.1) is 5.51 Å². The highest BCUT2D eigenvalue weighted by Crippen LogP contribution is 2.28. The third kappa shape index (κ3) is 1.13. The first-order valence-electron chi connectivity index (χ1n) is 4.09. The molecule has 0 saturated carbocycles. The molecule has 0 N–H and O–H groups in total. The van der Waals surface area contributed by atoms with Crippen LogP contribution in [0.3, 0.4) is 0 Å². The van der Waals surface area contributed by atoms with E-state index in [2.05, 4.69) is 16.8 Å². The first kappa shape index (κ1) is 7.10. The van der Waals surface area contributed by atoms with Crippen LogP contribution in [0.4, 0.5) is 5.82 Å². The van der Waals surface area contributed by atoms with Crippen molar-refractivity contribution in [2.24, 2.45) is 0 Å². The fourth-order valence-electron chi connectivity index (χ4n) is 1.54. The van der Waals surface area contributed by atoms with Crippen molar-refractivity contribution in [3.63, 3.8) is 0 Å². The second kappa shape index (κ2) is 2.81. The minimum Gasteiger partial charge on any atom is -0.356 e. The number of fused-ring (bicyclic) bond motifs is 1. The van der Waals surface area contributed by atoms with E-state index >= 15 is 0 Å². The molecule has 0 bridgehead atoms. The predicted molar refractivity (Wildman–Crippen MR) is 48.3 cm³/mol. The molecule has 60 valence electrons. The molecule has 0 radical (unpaired) electrons. The highest BCUT2D eigenvalue weighted by Gasteiger charge is 2.17. The van der Waals surface area contributed by atoms with Crippen LogP contribution in [0, 0.1) is 0 Å². The lowest BCUT2D eigenvalue weighted by Gasteiger charge is -2.25. The number of aromatic nitrogens is 1. The van der Waals surface area contributed by atoms with Gasteiger partial charge in [-0.2, -0.15) is 0 Å². The van der Waals surface area contributed by atoms with Crippen molar-refractivity contribution in [1.29, 1.82) is 0 Å². The summed E-state index contributed by atoms with van der Waals surface area (Å²) in [5.74, 6) is 1.24. The zero-order valence-corrected chi connectivity index (χ0v) is 7.52. The van der Waals surface area contributed by atoms with Crippen molar-refractivity contribution in [2.45, 2.75) is 19.8 Å². The van der Waals surface area contributed by atoms with Crippen molar-refractivity contribution >= 4 is 17.2 Å². The van der Waals surface area contributed by atoms with Crippen molar-refractivity contribution in [3.05, 3.63) is 10.4 Å². The Morgan fingerprint density at radius 2 is 2.64 bits per heavy atom. The van der Waals surface area contributed by atoms with E-state index < -0.39 is 0 Å². The molecular weight excluding hydrogens is 156 g/mol. The van der Waals surface area contributed by atoms with Gasteiger partial charge in [-0.05, 0) is 19.8 Å². The quantitative estimate of drug-likeness (QED) is 0.637. The number of rotatable bonds is 1. The van der Waals surface area contributed by atoms with Crippen molar-refractivity contribution in [2.75, 3.05) is 18.0 Å². The molecule has 1 aliphatic rings. The molecule has 0 aliphatic carbocycles. The summed E-state index contributed by atoms with van der Waals surface area (Å²) >= 11 is 1.79. The van der Waals surface area contributed by atoms with Crippen LogP contribution < -0.4 is 4.90 Å². The Morgan fingerprint density at radius 1 is 1.73 bits per heavy atom. The molecule has 2 nitrogen and oxygen atoms in total. The maximum Gasteiger partial charge on any atom is 0.142 e. The van der Waals surface area contributed by atoms with Gasteiger partial charge in [-0.25, -0.2) is 4.98 Å². The summed E-state index contributed by atoms with van der Waals surface area (Å²) in [4.78, 5) is 8.18. The number of hydrogen-bond donors (Lipinski definition) is 0. The molecule has 11 heavy (non-hydrogen) atoms. The van der Waals surface area contributed by atoms with Crippen LogP contribution in [0.2, 0.25) is 0 Å². The summed E-state index contributed by atoms with van der Waals surface area (Å²) in [5, 5.41) is 0. The maximum atomic E-state index is 4.35. The fraction of sp³-hybridized carbons (Fsp3) is 0.625. The molecule has 0 saturated heterocycles. The fourth-order valence-corrected chi connectivity index (χ4v) is 2.37. The van der Waals surface area contributed by atoms with Crippen molar-refractivity contribution < 1.29 is 0 Å². The first-order valence-corrected chi connectivity index (χ1v) is 4.97. The summed E-state index contributed by atoms with van der Waals surface area (Å²) in [6.45, 7) is 4.47. The van der Waals surface area contributed by atoms with E-state index in [4.69, 9.17) is 0 Å². The zero-order chi connectivity index (χ0) is 7.68. The second-order valence-corrected chi connectivity index (χ2v) is 3.72. The largest absolute Gasteiger partial charge is 0.356 e. The molecule has 1 aromatic rings. The van der Waals surface area contributed by atoms with Gasteiger partial charge in [0.2, 0.25) is 0 Å². The molecule has 0 atom stereocenters. The molecule has 0 unspecified atom stereocenters. The van der Waals surface area contributed by atoms with Gasteiger partial charge in [0.15, 0.2) is 0 Å². The van der Waals surface area contributed by atoms with Gasteiger partial charge in [0.1, 0.15) is 5.82 Å². The standard InChI is InChI=1S/C8H12N2S/c1-2-10-5-3-4-7-8(10)9-6-11-7/h6H,2-5H2,1H3. The molecule has 3 heteroatoms. The van der Waals surface area contributed by atoms with Crippen LogP contribution in [0.15, 0.2) is 5.51 Å². The van der Waals surface area contributed by atoms with E-state index in [0.29, 0.717) is 0 Å². The van der Waals surface area contributed by atoms with Gasteiger partial charge in [0.25, 0.3) is 0 Å². The summed E-state index contributed by atoms with van der Waals surface area (Å²) < 4.78 is 0. The highest BCUT2D eigenvalue weighted by atomic mass is 32.1. The highest BCUT2D eigenvalue weighted by molar-refractivity contribution is 7.10. The van der Waals surface area contributed by atoms with E-state index in [-0.39, 0.29) is 0 Å². The van der Waals surface area contributed by atoms with E-state index in [1.807, 2.05) is 5.51 Å². The van der Waals surface area contributed by atoms with Gasteiger partial charge in [0, 0.05) is 18.0 Å². The molecule has 2 heterocycles. The molecule has 1 aromatic heterocycles. The second-order valence-electron chi connectivity index (χ2n) is 2.78. The minimum absolute atomic E-state index is 1.09. The average molecular weight is 168 g/mol. The summed E-state index contributed by atoms with van der Waals surface area (Å²) in [7, 11) is 0. The van der Waals surface area contributed by atoms with Crippen LogP contribution in [0.25, 0.3) is 0 Å². The topological polar surface area (TPSA) is 16.1 Å². The molecule has 1 aliphatic heterocycles. The number of hydrogen-bond acceptors (Lipinski definition) is 3. The lowest BCUT2D eigenvalue weighted by Crippen LogP contribution is -2.28. The van der Waals surface area contributed by atoms with Gasteiger partial charge in [-0.3, -0.25) is 0 Å². The molecule has 0 spiro atoms. The van der Waals surface area contributed by atoms with Crippen LogP contribution in [0.5, 0.6) is 0 Å². The predicted octanol–water partition coefficient (Wildman–Crippen LogP) is 1.92.